The van der Waals surface area contributed by atoms with Crippen molar-refractivity contribution in [3.05, 3.63) is 35.5 Å². The van der Waals surface area contributed by atoms with Crippen LogP contribution in [0.2, 0.25) is 0 Å². The molecule has 3 heterocycles. The lowest BCUT2D eigenvalue weighted by Gasteiger charge is -2.26. The lowest BCUT2D eigenvalue weighted by atomic mass is 9.97. The Morgan fingerprint density at radius 2 is 2.10 bits per heavy atom. The molecule has 0 aliphatic carbocycles. The van der Waals surface area contributed by atoms with Crippen LogP contribution in [0.1, 0.15) is 24.6 Å². The fraction of sp³-hybridized carbons (Fsp3) is 0.375. The molecular weight excluding hydrogens is 266 g/mol. The van der Waals surface area contributed by atoms with Crippen molar-refractivity contribution in [1.82, 2.24) is 14.8 Å². The van der Waals surface area contributed by atoms with Gasteiger partial charge in [-0.05, 0) is 18.1 Å². The van der Waals surface area contributed by atoms with E-state index in [0.29, 0.717) is 19.5 Å². The first-order valence-electron chi connectivity index (χ1n) is 7.41. The predicted octanol–water partition coefficient (Wildman–Crippen LogP) is 2.27. The molecule has 21 heavy (non-hydrogen) atoms. The number of urea groups is 1. The highest BCUT2D eigenvalue weighted by Crippen LogP contribution is 2.34. The molecule has 0 spiro atoms. The Labute approximate surface area is 122 Å². The monoisotopic (exact) mass is 283 g/mol. The molecule has 3 amide bonds. The van der Waals surface area contributed by atoms with Gasteiger partial charge in [-0.25, -0.2) is 4.79 Å². The van der Waals surface area contributed by atoms with Crippen molar-refractivity contribution >= 4 is 22.8 Å². The Kier molecular flexibility index (Phi) is 2.58. The first-order chi connectivity index (χ1) is 10.2. The average molecular weight is 283 g/mol. The Morgan fingerprint density at radius 3 is 2.90 bits per heavy atom. The number of H-pyrrole nitrogens is 1. The third kappa shape index (κ3) is 1.63. The number of carbonyl (C=O) groups excluding carboxylic acids is 2. The molecule has 1 aromatic carbocycles. The number of benzene rings is 1. The predicted molar refractivity (Wildman–Crippen MR) is 78.7 cm³/mol. The van der Waals surface area contributed by atoms with Crippen LogP contribution in [0.4, 0.5) is 4.79 Å². The molecule has 1 aromatic heterocycles. The van der Waals surface area contributed by atoms with E-state index in [0.717, 1.165) is 17.6 Å². The Hall–Kier alpha value is -2.30. The largest absolute Gasteiger partial charge is 0.357 e. The minimum Gasteiger partial charge on any atom is -0.357 e. The van der Waals surface area contributed by atoms with Crippen molar-refractivity contribution in [2.24, 2.45) is 0 Å². The summed E-state index contributed by atoms with van der Waals surface area (Å²) in [6.45, 7) is 2.99. The zero-order valence-corrected chi connectivity index (χ0v) is 11.9. The van der Waals surface area contributed by atoms with Crippen molar-refractivity contribution in [2.45, 2.75) is 32.4 Å². The van der Waals surface area contributed by atoms with E-state index in [9.17, 15) is 9.59 Å². The van der Waals surface area contributed by atoms with Gasteiger partial charge in [-0.1, -0.05) is 25.1 Å². The van der Waals surface area contributed by atoms with E-state index in [4.69, 9.17) is 0 Å². The highest BCUT2D eigenvalue weighted by Gasteiger charge is 2.47. The Morgan fingerprint density at radius 1 is 1.29 bits per heavy atom. The van der Waals surface area contributed by atoms with Gasteiger partial charge in [-0.3, -0.25) is 9.69 Å². The maximum atomic E-state index is 12.5. The van der Waals surface area contributed by atoms with Gasteiger partial charge in [0.25, 0.3) is 5.91 Å². The van der Waals surface area contributed by atoms with Crippen molar-refractivity contribution in [3.63, 3.8) is 0 Å². The summed E-state index contributed by atoms with van der Waals surface area (Å²) in [6.07, 6.45) is 1.41. The minimum absolute atomic E-state index is 0.0437. The second-order valence-corrected chi connectivity index (χ2v) is 5.75. The van der Waals surface area contributed by atoms with Gasteiger partial charge in [-0.15, -0.1) is 0 Å². The van der Waals surface area contributed by atoms with Gasteiger partial charge in [-0.2, -0.15) is 0 Å². The molecule has 5 heteroatoms. The van der Waals surface area contributed by atoms with E-state index in [1.54, 1.807) is 4.90 Å². The molecule has 108 valence electrons. The van der Waals surface area contributed by atoms with Gasteiger partial charge >= 0.3 is 6.03 Å². The molecule has 1 saturated heterocycles. The molecule has 1 fully saturated rings. The number of carbonyl (C=O) groups is 2. The molecule has 0 bridgehead atoms. The lowest BCUT2D eigenvalue weighted by Crippen LogP contribution is -2.39. The number of nitrogens with one attached hydrogen (secondary N) is 1. The molecule has 1 atom stereocenters. The van der Waals surface area contributed by atoms with Gasteiger partial charge in [0.05, 0.1) is 6.54 Å². The van der Waals surface area contributed by atoms with E-state index >= 15 is 0 Å². The second kappa shape index (κ2) is 4.35. The number of fused-ring (bicyclic) bond motifs is 4. The van der Waals surface area contributed by atoms with Crippen molar-refractivity contribution in [2.75, 3.05) is 6.54 Å². The van der Waals surface area contributed by atoms with Crippen LogP contribution >= 0.6 is 0 Å². The Balaban J connectivity index is 1.76. The van der Waals surface area contributed by atoms with Crippen molar-refractivity contribution in [3.8, 4) is 0 Å². The zero-order valence-electron chi connectivity index (χ0n) is 11.9. The van der Waals surface area contributed by atoms with Crippen LogP contribution in [-0.4, -0.2) is 39.3 Å². The summed E-state index contributed by atoms with van der Waals surface area (Å²) in [5.74, 6) is -0.0437. The summed E-state index contributed by atoms with van der Waals surface area (Å²) in [6, 6.07) is 7.64. The van der Waals surface area contributed by atoms with Crippen molar-refractivity contribution < 1.29 is 9.59 Å². The molecule has 5 nitrogen and oxygen atoms in total. The van der Waals surface area contributed by atoms with Gasteiger partial charge in [0.15, 0.2) is 0 Å². The molecule has 2 aromatic rings. The molecule has 0 saturated carbocycles. The standard InChI is InChI=1S/C16H17N3O2/c1-2-7-18-15(20)14-8-11-10-5-3-4-6-12(10)17-13(11)9-19(14)16(18)21/h3-6,14,17H,2,7-9H2,1H3/t14-/m1/s1. The number of rotatable bonds is 2. The first-order valence-corrected chi connectivity index (χ1v) is 7.41. The smallest absolute Gasteiger partial charge is 0.327 e. The van der Waals surface area contributed by atoms with Gasteiger partial charge in [0, 0.05) is 29.6 Å². The third-order valence-corrected chi connectivity index (χ3v) is 4.48. The summed E-state index contributed by atoms with van der Waals surface area (Å²) >= 11 is 0. The van der Waals surface area contributed by atoms with E-state index < -0.39 is 0 Å². The number of hydrogen-bond donors (Lipinski definition) is 1. The van der Waals surface area contributed by atoms with E-state index in [-0.39, 0.29) is 18.0 Å². The van der Waals surface area contributed by atoms with Gasteiger partial charge in [0.1, 0.15) is 6.04 Å². The molecule has 0 unspecified atom stereocenters. The summed E-state index contributed by atoms with van der Waals surface area (Å²) in [5.41, 5.74) is 3.33. The van der Waals surface area contributed by atoms with E-state index in [1.807, 2.05) is 25.1 Å². The van der Waals surface area contributed by atoms with Crippen LogP contribution < -0.4 is 0 Å². The number of aromatic nitrogens is 1. The molecule has 1 N–H and O–H groups in total. The topological polar surface area (TPSA) is 56.4 Å². The minimum atomic E-state index is -0.323. The fourth-order valence-corrected chi connectivity index (χ4v) is 3.49. The van der Waals surface area contributed by atoms with Crippen LogP contribution in [0.25, 0.3) is 10.9 Å². The van der Waals surface area contributed by atoms with Crippen molar-refractivity contribution in [1.29, 1.82) is 0 Å². The van der Waals surface area contributed by atoms with Gasteiger partial charge < -0.3 is 9.88 Å². The normalized spacial score (nSPS) is 21.1. The zero-order chi connectivity index (χ0) is 14.6. The lowest BCUT2D eigenvalue weighted by molar-refractivity contribution is -0.128. The summed E-state index contributed by atoms with van der Waals surface area (Å²) in [7, 11) is 0. The first kappa shape index (κ1) is 12.4. The number of nitrogens with zero attached hydrogens (tertiary/aromatic N) is 2. The van der Waals surface area contributed by atoms with E-state index in [1.165, 1.54) is 15.8 Å². The number of hydrogen-bond acceptors (Lipinski definition) is 2. The molecule has 0 radical (unpaired) electrons. The second-order valence-electron chi connectivity index (χ2n) is 5.75. The molecule has 4 rings (SSSR count). The number of para-hydroxylation sites is 1. The van der Waals surface area contributed by atoms with Crippen LogP contribution in [0, 0.1) is 0 Å². The maximum Gasteiger partial charge on any atom is 0.327 e. The molecular formula is C16H17N3O2. The third-order valence-electron chi connectivity index (χ3n) is 4.48. The van der Waals surface area contributed by atoms with Crippen LogP contribution in [0.3, 0.4) is 0 Å². The number of aromatic amines is 1. The fourth-order valence-electron chi connectivity index (χ4n) is 3.49. The molecule has 2 aliphatic heterocycles. The highest BCUT2D eigenvalue weighted by atomic mass is 16.2. The number of amides is 3. The molecule has 2 aliphatic rings. The quantitative estimate of drug-likeness (QED) is 0.860. The SMILES string of the molecule is CCCN1C(=O)[C@H]2Cc3c([nH]c4ccccc34)CN2C1=O. The summed E-state index contributed by atoms with van der Waals surface area (Å²) in [5, 5.41) is 1.17. The Bertz CT molecular complexity index is 749. The number of imide groups is 1. The average Bonchev–Trinajstić information content (AvgIpc) is 2.97. The van der Waals surface area contributed by atoms with Crippen LogP contribution in [0.5, 0.6) is 0 Å². The summed E-state index contributed by atoms with van der Waals surface area (Å²) < 4.78 is 0. The van der Waals surface area contributed by atoms with Crippen LogP contribution in [-0.2, 0) is 17.8 Å². The van der Waals surface area contributed by atoms with Crippen LogP contribution in [0.15, 0.2) is 24.3 Å². The maximum absolute atomic E-state index is 12.5. The van der Waals surface area contributed by atoms with Gasteiger partial charge in [0.2, 0.25) is 0 Å². The summed E-state index contributed by atoms with van der Waals surface area (Å²) in [4.78, 5) is 31.3. The highest BCUT2D eigenvalue weighted by molar-refractivity contribution is 6.05. The van der Waals surface area contributed by atoms with E-state index in [2.05, 4.69) is 11.1 Å².